The summed E-state index contributed by atoms with van der Waals surface area (Å²) in [5.74, 6) is -2.13. The number of hydrogen-bond donors (Lipinski definition) is 2. The molecule has 0 aliphatic rings. The third-order valence-electron chi connectivity index (χ3n) is 2.46. The molecule has 0 radical (unpaired) electrons. The second-order valence-electron chi connectivity index (χ2n) is 4.00. The van der Waals surface area contributed by atoms with Gasteiger partial charge in [-0.1, -0.05) is 0 Å². The van der Waals surface area contributed by atoms with E-state index in [1.807, 2.05) is 0 Å². The molecule has 1 atom stereocenters. The Hall–Kier alpha value is -1.67. The predicted octanol–water partition coefficient (Wildman–Crippen LogP) is 1.58. The molecule has 0 aromatic heterocycles. The Kier molecular flexibility index (Phi) is 5.46. The van der Waals surface area contributed by atoms with Crippen LogP contribution in [0.1, 0.15) is 15.9 Å². The molecule has 1 rings (SSSR count). The highest BCUT2D eigenvalue weighted by atomic mass is 19.4. The summed E-state index contributed by atoms with van der Waals surface area (Å²) < 4.78 is 55.6. The molecule has 0 spiro atoms. The van der Waals surface area contributed by atoms with Crippen molar-refractivity contribution >= 4 is 5.91 Å². The number of amides is 1. The van der Waals surface area contributed by atoms with E-state index in [2.05, 4.69) is 5.32 Å². The van der Waals surface area contributed by atoms with Crippen molar-refractivity contribution in [2.24, 2.45) is 0 Å². The molecule has 112 valence electrons. The maximum Gasteiger partial charge on any atom is 0.416 e. The van der Waals surface area contributed by atoms with Crippen LogP contribution in [0, 0.1) is 5.82 Å². The molecule has 0 fully saturated rings. The van der Waals surface area contributed by atoms with Crippen LogP contribution in [0.3, 0.4) is 0 Å². The summed E-state index contributed by atoms with van der Waals surface area (Å²) in [5, 5.41) is 11.1. The number of rotatable bonds is 5. The van der Waals surface area contributed by atoms with Crippen molar-refractivity contribution in [3.05, 3.63) is 35.1 Å². The third kappa shape index (κ3) is 4.17. The molecule has 1 aromatic rings. The highest BCUT2D eigenvalue weighted by Crippen LogP contribution is 2.30. The average Bonchev–Trinajstić information content (AvgIpc) is 2.37. The van der Waals surface area contributed by atoms with Gasteiger partial charge in [0.15, 0.2) is 0 Å². The predicted molar refractivity (Wildman–Crippen MR) is 61.6 cm³/mol. The normalized spacial score (nSPS) is 13.1. The second kappa shape index (κ2) is 6.67. The minimum atomic E-state index is -4.67. The Morgan fingerprint density at radius 2 is 2.10 bits per heavy atom. The molecule has 1 unspecified atom stereocenters. The minimum Gasteiger partial charge on any atom is -0.394 e. The Balaban J connectivity index is 2.97. The van der Waals surface area contributed by atoms with Gasteiger partial charge in [0.25, 0.3) is 5.91 Å². The van der Waals surface area contributed by atoms with Gasteiger partial charge >= 0.3 is 6.18 Å². The van der Waals surface area contributed by atoms with Crippen LogP contribution in [0.5, 0.6) is 0 Å². The van der Waals surface area contributed by atoms with E-state index >= 15 is 0 Å². The number of carbonyl (C=O) groups is 1. The van der Waals surface area contributed by atoms with Crippen LogP contribution in [0.4, 0.5) is 17.6 Å². The fourth-order valence-electron chi connectivity index (χ4n) is 1.48. The Labute approximate surface area is 112 Å². The first-order valence-corrected chi connectivity index (χ1v) is 5.57. The molecule has 20 heavy (non-hydrogen) atoms. The van der Waals surface area contributed by atoms with E-state index in [0.29, 0.717) is 18.2 Å². The van der Waals surface area contributed by atoms with Gasteiger partial charge < -0.3 is 15.2 Å². The fraction of sp³-hybridized carbons (Fsp3) is 0.417. The van der Waals surface area contributed by atoms with Crippen molar-refractivity contribution in [3.8, 4) is 0 Å². The minimum absolute atomic E-state index is 0.0528. The monoisotopic (exact) mass is 295 g/mol. The van der Waals surface area contributed by atoms with Gasteiger partial charge in [0.2, 0.25) is 0 Å². The third-order valence-corrected chi connectivity index (χ3v) is 2.46. The molecule has 8 heteroatoms. The van der Waals surface area contributed by atoms with Gasteiger partial charge in [0.05, 0.1) is 30.4 Å². The van der Waals surface area contributed by atoms with Crippen molar-refractivity contribution < 1.29 is 32.2 Å². The summed E-state index contributed by atoms with van der Waals surface area (Å²) in [6.07, 6.45) is -4.67. The standard InChI is InChI=1S/C12H13F4NO3/c1-20-6-8(5-18)17-11(19)9-4-7(12(14,15)16)2-3-10(9)13/h2-4,8,18H,5-6H2,1H3,(H,17,19). The smallest absolute Gasteiger partial charge is 0.394 e. The summed E-state index contributed by atoms with van der Waals surface area (Å²) in [7, 11) is 1.32. The lowest BCUT2D eigenvalue weighted by Gasteiger charge is -2.16. The van der Waals surface area contributed by atoms with Gasteiger partial charge in [-0.15, -0.1) is 0 Å². The van der Waals surface area contributed by atoms with Crippen LogP contribution in [-0.2, 0) is 10.9 Å². The lowest BCUT2D eigenvalue weighted by atomic mass is 10.1. The number of aliphatic hydroxyl groups excluding tert-OH is 1. The van der Waals surface area contributed by atoms with Crippen LogP contribution < -0.4 is 5.32 Å². The molecule has 0 heterocycles. The number of ether oxygens (including phenoxy) is 1. The lowest BCUT2D eigenvalue weighted by molar-refractivity contribution is -0.137. The zero-order valence-corrected chi connectivity index (χ0v) is 10.5. The molecule has 0 aliphatic carbocycles. The van der Waals surface area contributed by atoms with Gasteiger partial charge in [-0.05, 0) is 18.2 Å². The highest BCUT2D eigenvalue weighted by molar-refractivity contribution is 5.94. The van der Waals surface area contributed by atoms with E-state index in [-0.39, 0.29) is 6.61 Å². The van der Waals surface area contributed by atoms with Gasteiger partial charge in [-0.2, -0.15) is 13.2 Å². The Bertz CT molecular complexity index is 476. The van der Waals surface area contributed by atoms with Gasteiger partial charge in [-0.25, -0.2) is 4.39 Å². The van der Waals surface area contributed by atoms with Crippen LogP contribution in [-0.4, -0.2) is 37.4 Å². The fourth-order valence-corrected chi connectivity index (χ4v) is 1.48. The number of nitrogens with one attached hydrogen (secondary N) is 1. The molecule has 0 bridgehead atoms. The average molecular weight is 295 g/mol. The van der Waals surface area contributed by atoms with Gasteiger partial charge in [0, 0.05) is 7.11 Å². The Morgan fingerprint density at radius 1 is 1.45 bits per heavy atom. The molecule has 0 aliphatic heterocycles. The van der Waals surface area contributed by atoms with Gasteiger partial charge in [-0.3, -0.25) is 4.79 Å². The van der Waals surface area contributed by atoms with Crippen LogP contribution in [0.15, 0.2) is 18.2 Å². The summed E-state index contributed by atoms with van der Waals surface area (Å²) in [6.45, 7) is -0.539. The SMILES string of the molecule is COCC(CO)NC(=O)c1cc(C(F)(F)F)ccc1F. The molecule has 1 aromatic carbocycles. The zero-order valence-electron chi connectivity index (χ0n) is 10.5. The molecule has 2 N–H and O–H groups in total. The molecule has 1 amide bonds. The molecular formula is C12H13F4NO3. The maximum absolute atomic E-state index is 13.4. The van der Waals surface area contributed by atoms with Crippen LogP contribution >= 0.6 is 0 Å². The maximum atomic E-state index is 13.4. The van der Waals surface area contributed by atoms with E-state index in [4.69, 9.17) is 9.84 Å². The highest BCUT2D eigenvalue weighted by Gasteiger charge is 2.32. The number of halogens is 4. The van der Waals surface area contributed by atoms with E-state index in [0.717, 1.165) is 0 Å². The van der Waals surface area contributed by atoms with Crippen LogP contribution in [0.2, 0.25) is 0 Å². The quantitative estimate of drug-likeness (QED) is 0.811. The summed E-state index contributed by atoms with van der Waals surface area (Å²) in [6, 6.07) is 0.708. The van der Waals surface area contributed by atoms with E-state index < -0.39 is 41.7 Å². The number of alkyl halides is 3. The zero-order chi connectivity index (χ0) is 15.3. The van der Waals surface area contributed by atoms with Crippen LogP contribution in [0.25, 0.3) is 0 Å². The summed E-state index contributed by atoms with van der Waals surface area (Å²) in [5.41, 5.74) is -1.87. The van der Waals surface area contributed by atoms with E-state index in [1.165, 1.54) is 7.11 Å². The van der Waals surface area contributed by atoms with Gasteiger partial charge in [0.1, 0.15) is 5.82 Å². The summed E-state index contributed by atoms with van der Waals surface area (Å²) in [4.78, 5) is 11.7. The largest absolute Gasteiger partial charge is 0.416 e. The summed E-state index contributed by atoms with van der Waals surface area (Å²) >= 11 is 0. The van der Waals surface area contributed by atoms with Crippen molar-refractivity contribution in [1.29, 1.82) is 0 Å². The molecule has 0 saturated carbocycles. The van der Waals surface area contributed by atoms with Crippen molar-refractivity contribution in [1.82, 2.24) is 5.32 Å². The molecule has 4 nitrogen and oxygen atoms in total. The van der Waals surface area contributed by atoms with Crippen molar-refractivity contribution in [2.45, 2.75) is 12.2 Å². The number of methoxy groups -OCH3 is 1. The second-order valence-corrected chi connectivity index (χ2v) is 4.00. The molecule has 0 saturated heterocycles. The first kappa shape index (κ1) is 16.4. The lowest BCUT2D eigenvalue weighted by Crippen LogP contribution is -2.41. The van der Waals surface area contributed by atoms with E-state index in [9.17, 15) is 22.4 Å². The number of carbonyl (C=O) groups excluding carboxylic acids is 1. The van der Waals surface area contributed by atoms with Crippen molar-refractivity contribution in [3.63, 3.8) is 0 Å². The number of hydrogen-bond acceptors (Lipinski definition) is 3. The Morgan fingerprint density at radius 3 is 2.60 bits per heavy atom. The molecular weight excluding hydrogens is 282 g/mol. The van der Waals surface area contributed by atoms with E-state index in [1.54, 1.807) is 0 Å². The first-order valence-electron chi connectivity index (χ1n) is 5.57. The van der Waals surface area contributed by atoms with Crippen molar-refractivity contribution in [2.75, 3.05) is 20.3 Å². The first-order chi connectivity index (χ1) is 9.29. The number of aliphatic hydroxyl groups is 1. The topological polar surface area (TPSA) is 58.6 Å². The number of benzene rings is 1.